The van der Waals surface area contributed by atoms with Gasteiger partial charge in [-0.25, -0.2) is 0 Å². The predicted octanol–water partition coefficient (Wildman–Crippen LogP) is 5.46. The van der Waals surface area contributed by atoms with E-state index < -0.39 is 0 Å². The fraction of sp³-hybridized carbons (Fsp3) is 0.471. The van der Waals surface area contributed by atoms with E-state index >= 15 is 0 Å². The van der Waals surface area contributed by atoms with Gasteiger partial charge >= 0.3 is 0 Å². The number of anilines is 1. The van der Waals surface area contributed by atoms with Crippen molar-refractivity contribution >= 4 is 38.3 Å². The number of benzene rings is 1. The third kappa shape index (κ3) is 6.39. The first-order valence-corrected chi connectivity index (χ1v) is 9.69. The Morgan fingerprint density at radius 3 is 2.52 bits per heavy atom. The molecule has 0 atom stereocenters. The van der Waals surface area contributed by atoms with Gasteiger partial charge in [-0.1, -0.05) is 66.3 Å². The van der Waals surface area contributed by atoms with Crippen LogP contribution >= 0.6 is 27.3 Å². The molecule has 2 aromatic rings. The fourth-order valence-corrected chi connectivity index (χ4v) is 3.27. The highest BCUT2D eigenvalue weighted by atomic mass is 79.9. The molecule has 0 aliphatic heterocycles. The summed E-state index contributed by atoms with van der Waals surface area (Å²) in [5.41, 5.74) is 0.612. The van der Waals surface area contributed by atoms with Crippen molar-refractivity contribution in [1.29, 1.82) is 0 Å². The van der Waals surface area contributed by atoms with Crippen molar-refractivity contribution in [3.8, 4) is 0 Å². The van der Waals surface area contributed by atoms with Gasteiger partial charge in [0.1, 0.15) is 5.01 Å². The molecule has 0 saturated carbocycles. The molecule has 6 heteroatoms. The molecule has 0 unspecified atom stereocenters. The summed E-state index contributed by atoms with van der Waals surface area (Å²) in [4.78, 5) is 12.1. The van der Waals surface area contributed by atoms with Gasteiger partial charge in [-0.2, -0.15) is 0 Å². The van der Waals surface area contributed by atoms with Crippen LogP contribution in [0.25, 0.3) is 0 Å². The number of unbranched alkanes of at least 4 members (excludes halogenated alkanes) is 5. The van der Waals surface area contributed by atoms with Gasteiger partial charge in [0, 0.05) is 16.5 Å². The molecule has 0 bridgehead atoms. The number of hydrogen-bond donors (Lipinski definition) is 1. The van der Waals surface area contributed by atoms with E-state index in [-0.39, 0.29) is 5.91 Å². The average Bonchev–Trinajstić information content (AvgIpc) is 2.98. The topological polar surface area (TPSA) is 54.9 Å². The lowest BCUT2D eigenvalue weighted by Crippen LogP contribution is -2.11. The first-order valence-electron chi connectivity index (χ1n) is 8.08. The van der Waals surface area contributed by atoms with E-state index in [1.807, 2.05) is 12.1 Å². The van der Waals surface area contributed by atoms with E-state index in [0.717, 1.165) is 22.3 Å². The van der Waals surface area contributed by atoms with Crippen LogP contribution in [0.3, 0.4) is 0 Å². The standard InChI is InChI=1S/C17H22BrN3OS/c1-2-3-4-5-6-7-8-15-20-21-17(23-15)19-16(22)13-9-11-14(18)12-10-13/h9-12H,2-8H2,1H3,(H,19,21,22). The molecule has 0 aliphatic carbocycles. The van der Waals surface area contributed by atoms with Gasteiger partial charge in [-0.3, -0.25) is 10.1 Å². The summed E-state index contributed by atoms with van der Waals surface area (Å²) in [5.74, 6) is -0.153. The number of halogens is 1. The number of hydrogen-bond acceptors (Lipinski definition) is 4. The molecule has 2 rings (SSSR count). The minimum Gasteiger partial charge on any atom is -0.296 e. The van der Waals surface area contributed by atoms with Gasteiger partial charge in [0.2, 0.25) is 5.13 Å². The van der Waals surface area contributed by atoms with Crippen LogP contribution in [0.1, 0.15) is 60.8 Å². The second-order valence-corrected chi connectivity index (χ2v) is 7.46. The Bertz CT molecular complexity index is 613. The summed E-state index contributed by atoms with van der Waals surface area (Å²) >= 11 is 4.82. The molecule has 0 saturated heterocycles. The lowest BCUT2D eigenvalue weighted by atomic mass is 10.1. The minimum atomic E-state index is -0.153. The second-order valence-electron chi connectivity index (χ2n) is 5.48. The van der Waals surface area contributed by atoms with Gasteiger partial charge in [0.05, 0.1) is 0 Å². The maximum absolute atomic E-state index is 12.1. The van der Waals surface area contributed by atoms with Crippen molar-refractivity contribution in [2.24, 2.45) is 0 Å². The predicted molar refractivity (Wildman–Crippen MR) is 99.1 cm³/mol. The summed E-state index contributed by atoms with van der Waals surface area (Å²) < 4.78 is 0.950. The van der Waals surface area contributed by atoms with Crippen molar-refractivity contribution in [2.75, 3.05) is 5.32 Å². The Morgan fingerprint density at radius 2 is 1.78 bits per heavy atom. The second kappa shape index (κ2) is 9.78. The van der Waals surface area contributed by atoms with Crippen molar-refractivity contribution in [1.82, 2.24) is 10.2 Å². The molecule has 23 heavy (non-hydrogen) atoms. The van der Waals surface area contributed by atoms with E-state index in [2.05, 4.69) is 38.4 Å². The van der Waals surface area contributed by atoms with Gasteiger partial charge in [0.25, 0.3) is 5.91 Å². The molecule has 1 amide bonds. The number of aryl methyl sites for hydroxylation is 1. The molecular formula is C17H22BrN3OS. The zero-order chi connectivity index (χ0) is 16.5. The maximum Gasteiger partial charge on any atom is 0.257 e. The highest BCUT2D eigenvalue weighted by molar-refractivity contribution is 9.10. The Hall–Kier alpha value is -1.27. The summed E-state index contributed by atoms with van der Waals surface area (Å²) in [6, 6.07) is 7.24. The summed E-state index contributed by atoms with van der Waals surface area (Å²) in [6.45, 7) is 2.23. The number of aromatic nitrogens is 2. The van der Waals surface area contributed by atoms with Crippen molar-refractivity contribution in [3.63, 3.8) is 0 Å². The molecule has 0 aliphatic rings. The zero-order valence-electron chi connectivity index (χ0n) is 13.3. The Morgan fingerprint density at radius 1 is 1.09 bits per heavy atom. The molecule has 0 spiro atoms. The molecule has 4 nitrogen and oxygen atoms in total. The largest absolute Gasteiger partial charge is 0.296 e. The van der Waals surface area contributed by atoms with Crippen LogP contribution in [0, 0.1) is 0 Å². The number of rotatable bonds is 9. The van der Waals surface area contributed by atoms with Crippen LogP contribution in [0.2, 0.25) is 0 Å². The zero-order valence-corrected chi connectivity index (χ0v) is 15.8. The number of amides is 1. The SMILES string of the molecule is CCCCCCCCc1nnc(NC(=O)c2ccc(Br)cc2)s1. The highest BCUT2D eigenvalue weighted by Crippen LogP contribution is 2.19. The van der Waals surface area contributed by atoms with E-state index in [0.29, 0.717) is 10.7 Å². The van der Waals surface area contributed by atoms with E-state index in [4.69, 9.17) is 0 Å². The first kappa shape index (κ1) is 18.1. The molecule has 1 aromatic carbocycles. The molecular weight excluding hydrogens is 374 g/mol. The molecule has 0 radical (unpaired) electrons. The van der Waals surface area contributed by atoms with Gasteiger partial charge in [-0.15, -0.1) is 10.2 Å². The van der Waals surface area contributed by atoms with Crippen molar-refractivity contribution in [3.05, 3.63) is 39.3 Å². The Balaban J connectivity index is 1.76. The smallest absolute Gasteiger partial charge is 0.257 e. The van der Waals surface area contributed by atoms with E-state index in [1.54, 1.807) is 12.1 Å². The Labute approximate surface area is 149 Å². The van der Waals surface area contributed by atoms with Crippen molar-refractivity contribution < 1.29 is 4.79 Å². The monoisotopic (exact) mass is 395 g/mol. The maximum atomic E-state index is 12.1. The van der Waals surface area contributed by atoms with E-state index in [9.17, 15) is 4.79 Å². The van der Waals surface area contributed by atoms with Crippen LogP contribution in [0.5, 0.6) is 0 Å². The fourth-order valence-electron chi connectivity index (χ4n) is 2.23. The van der Waals surface area contributed by atoms with Crippen LogP contribution in [-0.2, 0) is 6.42 Å². The molecule has 1 N–H and O–H groups in total. The summed E-state index contributed by atoms with van der Waals surface area (Å²) in [6.07, 6.45) is 8.53. The lowest BCUT2D eigenvalue weighted by molar-refractivity contribution is 0.102. The summed E-state index contributed by atoms with van der Waals surface area (Å²) in [5, 5.41) is 12.6. The van der Waals surface area contributed by atoms with Gasteiger partial charge in [-0.05, 0) is 30.7 Å². The van der Waals surface area contributed by atoms with Crippen LogP contribution in [-0.4, -0.2) is 16.1 Å². The number of carbonyl (C=O) groups is 1. The normalized spacial score (nSPS) is 10.7. The highest BCUT2D eigenvalue weighted by Gasteiger charge is 2.10. The number of carbonyl (C=O) groups excluding carboxylic acids is 1. The third-order valence-corrected chi connectivity index (χ3v) is 4.97. The van der Waals surface area contributed by atoms with Crippen LogP contribution in [0.15, 0.2) is 28.7 Å². The number of nitrogens with zero attached hydrogens (tertiary/aromatic N) is 2. The molecule has 0 fully saturated rings. The van der Waals surface area contributed by atoms with Crippen LogP contribution in [0.4, 0.5) is 5.13 Å². The summed E-state index contributed by atoms with van der Waals surface area (Å²) in [7, 11) is 0. The van der Waals surface area contributed by atoms with Gasteiger partial charge < -0.3 is 0 Å². The molecule has 1 heterocycles. The molecule has 124 valence electrons. The number of nitrogens with one attached hydrogen (secondary N) is 1. The quantitative estimate of drug-likeness (QED) is 0.573. The van der Waals surface area contributed by atoms with Gasteiger partial charge in [0.15, 0.2) is 0 Å². The molecule has 1 aromatic heterocycles. The van der Waals surface area contributed by atoms with Crippen LogP contribution < -0.4 is 5.32 Å². The third-order valence-electron chi connectivity index (χ3n) is 3.54. The Kier molecular flexibility index (Phi) is 7.68. The minimum absolute atomic E-state index is 0.153. The van der Waals surface area contributed by atoms with Crippen molar-refractivity contribution in [2.45, 2.75) is 51.9 Å². The lowest BCUT2D eigenvalue weighted by Gasteiger charge is -2.00. The first-order chi connectivity index (χ1) is 11.2. The average molecular weight is 396 g/mol. The van der Waals surface area contributed by atoms with E-state index in [1.165, 1.54) is 43.4 Å².